The molecule has 1 saturated carbocycles. The van der Waals surface area contributed by atoms with Gasteiger partial charge in [-0.3, -0.25) is 9.59 Å². The number of aromatic nitrogens is 1. The maximum atomic E-state index is 14.2. The number of likely N-dealkylation sites (tertiary alicyclic amines) is 1. The van der Waals surface area contributed by atoms with Crippen LogP contribution in [0, 0.1) is 11.8 Å². The molecule has 3 N–H and O–H groups in total. The Kier molecular flexibility index (Phi) is 10.1. The molecule has 2 heterocycles. The van der Waals surface area contributed by atoms with E-state index in [9.17, 15) is 24.3 Å². The lowest BCUT2D eigenvalue weighted by Gasteiger charge is -2.31. The molecule has 2 aliphatic rings. The second-order valence-electron chi connectivity index (χ2n) is 14.2. The number of carbonyl (C=O) groups excluding carboxylic acids is 3. The summed E-state index contributed by atoms with van der Waals surface area (Å²) in [6.07, 6.45) is -0.401. The second-order valence-corrected chi connectivity index (χ2v) is 14.2. The summed E-state index contributed by atoms with van der Waals surface area (Å²) in [5.41, 5.74) is 0.0156. The van der Waals surface area contributed by atoms with Crippen molar-refractivity contribution in [1.82, 2.24) is 20.5 Å². The van der Waals surface area contributed by atoms with Crippen molar-refractivity contribution in [3.8, 4) is 22.8 Å². The number of fused-ring (bicyclic) bond motifs is 1. The highest BCUT2D eigenvalue weighted by molar-refractivity contribution is 5.96. The van der Waals surface area contributed by atoms with E-state index in [-0.39, 0.29) is 24.8 Å². The maximum absolute atomic E-state index is 14.2. The van der Waals surface area contributed by atoms with E-state index in [1.807, 2.05) is 55.5 Å². The lowest BCUT2D eigenvalue weighted by atomic mass is 10.0. The van der Waals surface area contributed by atoms with Gasteiger partial charge in [0.2, 0.25) is 11.8 Å². The standard InChI is InChI=1S/C37H46N4O8/c1-8-23-19-37(23,34(44)45)40-32(42)29-17-25(20-41(29)33(43)31(21(2)3)39-35(46)49-36(4,5)6)48-30-18-27(22-12-10-9-11-13-22)38-28-16-24(47-7)14-15-26(28)30/h9-16,18,21,23,25,29,31H,8,17,19-20H2,1-7H3,(H,39,46)(H,40,42)(H,44,45)/t23?,25-,29-,31-,37+/m0/s1. The normalized spacial score (nSPS) is 22.4. The molecule has 0 radical (unpaired) electrons. The van der Waals surface area contributed by atoms with Crippen LogP contribution in [0.2, 0.25) is 0 Å². The van der Waals surface area contributed by atoms with Crippen molar-refractivity contribution in [1.29, 1.82) is 0 Å². The summed E-state index contributed by atoms with van der Waals surface area (Å²) in [6.45, 7) is 10.7. The fourth-order valence-corrected chi connectivity index (χ4v) is 6.43. The number of pyridine rings is 1. The molecule has 5 atom stereocenters. The summed E-state index contributed by atoms with van der Waals surface area (Å²) >= 11 is 0. The van der Waals surface area contributed by atoms with Crippen LogP contribution in [0.4, 0.5) is 4.79 Å². The molecule has 2 aromatic carbocycles. The quantitative estimate of drug-likeness (QED) is 0.250. The highest BCUT2D eigenvalue weighted by atomic mass is 16.6. The van der Waals surface area contributed by atoms with E-state index < -0.39 is 53.2 Å². The predicted molar refractivity (Wildman–Crippen MR) is 183 cm³/mol. The summed E-state index contributed by atoms with van der Waals surface area (Å²) in [4.78, 5) is 59.5. The molecule has 49 heavy (non-hydrogen) atoms. The number of carboxylic acid groups (broad SMARTS) is 1. The molecule has 1 saturated heterocycles. The van der Waals surface area contributed by atoms with Crippen LogP contribution in [0.3, 0.4) is 0 Å². The first kappa shape index (κ1) is 35.4. The zero-order valence-corrected chi connectivity index (χ0v) is 29.1. The van der Waals surface area contributed by atoms with Gasteiger partial charge < -0.3 is 34.9 Å². The highest BCUT2D eigenvalue weighted by Gasteiger charge is 2.61. The number of ether oxygens (including phenoxy) is 3. The number of hydrogen-bond acceptors (Lipinski definition) is 8. The maximum Gasteiger partial charge on any atom is 0.408 e. The molecular weight excluding hydrogens is 628 g/mol. The zero-order valence-electron chi connectivity index (χ0n) is 29.1. The minimum Gasteiger partial charge on any atom is -0.497 e. The first-order chi connectivity index (χ1) is 23.2. The van der Waals surface area contributed by atoms with E-state index in [1.165, 1.54) is 4.90 Å². The summed E-state index contributed by atoms with van der Waals surface area (Å²) in [7, 11) is 1.58. The Balaban J connectivity index is 1.48. The van der Waals surface area contributed by atoms with Crippen LogP contribution < -0.4 is 20.1 Å². The monoisotopic (exact) mass is 674 g/mol. The predicted octanol–water partition coefficient (Wildman–Crippen LogP) is 5.18. The number of hydrogen-bond donors (Lipinski definition) is 3. The van der Waals surface area contributed by atoms with Crippen molar-refractivity contribution in [2.24, 2.45) is 11.8 Å². The topological polar surface area (TPSA) is 156 Å². The summed E-state index contributed by atoms with van der Waals surface area (Å²) in [5.74, 6) is -1.60. The van der Waals surface area contributed by atoms with E-state index in [1.54, 1.807) is 47.8 Å². The van der Waals surface area contributed by atoms with Gasteiger partial charge in [0.25, 0.3) is 0 Å². The minimum absolute atomic E-state index is 0.0219. The Morgan fingerprint density at radius 2 is 1.80 bits per heavy atom. The fourth-order valence-electron chi connectivity index (χ4n) is 6.43. The Morgan fingerprint density at radius 1 is 1.08 bits per heavy atom. The lowest BCUT2D eigenvalue weighted by Crippen LogP contribution is -2.57. The fraction of sp³-hybridized carbons (Fsp3) is 0.486. The average Bonchev–Trinajstić information content (AvgIpc) is 3.61. The zero-order chi connectivity index (χ0) is 35.7. The Morgan fingerprint density at radius 3 is 2.39 bits per heavy atom. The molecule has 0 bridgehead atoms. The van der Waals surface area contributed by atoms with Gasteiger partial charge in [-0.25, -0.2) is 14.6 Å². The average molecular weight is 675 g/mol. The van der Waals surface area contributed by atoms with E-state index in [0.29, 0.717) is 40.9 Å². The molecule has 1 aliphatic carbocycles. The molecule has 2 fully saturated rings. The number of benzene rings is 2. The molecule has 12 heteroatoms. The third kappa shape index (κ3) is 7.73. The molecule has 12 nitrogen and oxygen atoms in total. The van der Waals surface area contributed by atoms with E-state index >= 15 is 0 Å². The van der Waals surface area contributed by atoms with Crippen molar-refractivity contribution in [3.63, 3.8) is 0 Å². The molecule has 3 aromatic rings. The van der Waals surface area contributed by atoms with Crippen molar-refractivity contribution >= 4 is 34.8 Å². The molecular formula is C37H46N4O8. The number of rotatable bonds is 11. The van der Waals surface area contributed by atoms with Crippen LogP contribution in [0.25, 0.3) is 22.2 Å². The Hall–Kier alpha value is -4.87. The summed E-state index contributed by atoms with van der Waals surface area (Å²) in [5, 5.41) is 16.2. The van der Waals surface area contributed by atoms with Crippen LogP contribution in [0.15, 0.2) is 54.6 Å². The van der Waals surface area contributed by atoms with Crippen molar-refractivity contribution in [2.45, 2.75) is 90.1 Å². The molecule has 5 rings (SSSR count). The SMILES string of the molecule is CCC1C[C@]1(NC(=O)[C@@H]1C[C@H](Oc2cc(-c3ccccc3)nc3cc(OC)ccc23)CN1C(=O)[C@@H](NC(=O)OC(C)(C)C)C(C)C)C(=O)O. The van der Waals surface area contributed by atoms with E-state index in [0.717, 1.165) is 5.56 Å². The number of aliphatic carboxylic acids is 1. The van der Waals surface area contributed by atoms with Gasteiger partial charge in [-0.05, 0) is 51.2 Å². The first-order valence-corrected chi connectivity index (χ1v) is 16.7. The Labute approximate surface area is 286 Å². The number of nitrogens with one attached hydrogen (secondary N) is 2. The number of amides is 3. The van der Waals surface area contributed by atoms with Crippen molar-refractivity contribution in [3.05, 3.63) is 54.6 Å². The van der Waals surface area contributed by atoms with Gasteiger partial charge in [0.1, 0.15) is 40.8 Å². The summed E-state index contributed by atoms with van der Waals surface area (Å²) in [6, 6.07) is 14.9. The largest absolute Gasteiger partial charge is 0.497 e. The third-order valence-corrected chi connectivity index (χ3v) is 9.12. The number of carbonyl (C=O) groups is 4. The highest BCUT2D eigenvalue weighted by Crippen LogP contribution is 2.46. The molecule has 1 aliphatic heterocycles. The number of alkyl carbamates (subject to hydrolysis) is 1. The van der Waals surface area contributed by atoms with Crippen LogP contribution in [-0.2, 0) is 19.1 Å². The summed E-state index contributed by atoms with van der Waals surface area (Å²) < 4.78 is 17.5. The number of carboxylic acids is 1. The molecule has 262 valence electrons. The van der Waals surface area contributed by atoms with Crippen LogP contribution in [-0.4, -0.2) is 81.8 Å². The van der Waals surface area contributed by atoms with E-state index in [2.05, 4.69) is 10.6 Å². The molecule has 0 spiro atoms. The third-order valence-electron chi connectivity index (χ3n) is 9.12. The first-order valence-electron chi connectivity index (χ1n) is 16.7. The molecule has 1 aromatic heterocycles. The Bertz CT molecular complexity index is 1720. The van der Waals surface area contributed by atoms with Gasteiger partial charge in [-0.15, -0.1) is 0 Å². The molecule has 3 amide bonds. The minimum atomic E-state index is -1.38. The van der Waals surface area contributed by atoms with E-state index in [4.69, 9.17) is 19.2 Å². The van der Waals surface area contributed by atoms with Gasteiger partial charge in [-0.2, -0.15) is 0 Å². The second kappa shape index (κ2) is 13.9. The van der Waals surface area contributed by atoms with Crippen LogP contribution in [0.1, 0.15) is 60.8 Å². The van der Waals surface area contributed by atoms with Gasteiger partial charge in [0, 0.05) is 29.5 Å². The van der Waals surface area contributed by atoms with Gasteiger partial charge in [0.15, 0.2) is 0 Å². The van der Waals surface area contributed by atoms with Gasteiger partial charge >= 0.3 is 12.1 Å². The van der Waals surface area contributed by atoms with Gasteiger partial charge in [-0.1, -0.05) is 57.5 Å². The van der Waals surface area contributed by atoms with Crippen LogP contribution >= 0.6 is 0 Å². The smallest absolute Gasteiger partial charge is 0.408 e. The number of methoxy groups -OCH3 is 1. The van der Waals surface area contributed by atoms with Crippen molar-refractivity contribution < 1.29 is 38.5 Å². The van der Waals surface area contributed by atoms with Gasteiger partial charge in [0.05, 0.1) is 24.9 Å². The molecule has 1 unspecified atom stereocenters. The van der Waals surface area contributed by atoms with Crippen LogP contribution in [0.5, 0.6) is 11.5 Å². The van der Waals surface area contributed by atoms with Crippen molar-refractivity contribution in [2.75, 3.05) is 13.7 Å². The number of nitrogens with zero attached hydrogens (tertiary/aromatic N) is 2. The lowest BCUT2D eigenvalue weighted by molar-refractivity contribution is -0.146.